The first-order chi connectivity index (χ1) is 8.20. The third-order valence-electron chi connectivity index (χ3n) is 1.69. The molecule has 0 saturated heterocycles. The van der Waals surface area contributed by atoms with Gasteiger partial charge in [0.05, 0.1) is 13.2 Å². The summed E-state index contributed by atoms with van der Waals surface area (Å²) >= 11 is 1.74. The molecule has 0 rings (SSSR count). The molecule has 0 aliphatic carbocycles. The van der Waals surface area contributed by atoms with Crippen LogP contribution in [0.5, 0.6) is 0 Å². The second-order valence-corrected chi connectivity index (χ2v) is 4.29. The molecule has 96 valence electrons. The molecule has 0 radical (unpaired) electrons. The van der Waals surface area contributed by atoms with E-state index < -0.39 is 0 Å². The van der Waals surface area contributed by atoms with Crippen LogP contribution in [0.3, 0.4) is 0 Å². The van der Waals surface area contributed by atoms with Crippen molar-refractivity contribution in [3.8, 4) is 0 Å². The first kappa shape index (κ1) is 15.8. The molecular formula is C12H18O4S. The summed E-state index contributed by atoms with van der Waals surface area (Å²) < 4.78 is 9.63. The van der Waals surface area contributed by atoms with E-state index in [0.717, 1.165) is 36.5 Å². The van der Waals surface area contributed by atoms with E-state index in [1.807, 2.05) is 0 Å². The van der Waals surface area contributed by atoms with Gasteiger partial charge >= 0.3 is 11.9 Å². The van der Waals surface area contributed by atoms with Crippen molar-refractivity contribution in [1.82, 2.24) is 0 Å². The molecule has 0 aliphatic heterocycles. The van der Waals surface area contributed by atoms with Gasteiger partial charge in [-0.15, -0.1) is 0 Å². The summed E-state index contributed by atoms with van der Waals surface area (Å²) in [5, 5.41) is 0. The lowest BCUT2D eigenvalue weighted by Crippen LogP contribution is -2.04. The van der Waals surface area contributed by atoms with Crippen molar-refractivity contribution in [2.75, 3.05) is 24.7 Å². The highest BCUT2D eigenvalue weighted by Crippen LogP contribution is 2.05. The Morgan fingerprint density at radius 1 is 0.941 bits per heavy atom. The Bertz CT molecular complexity index is 237. The van der Waals surface area contributed by atoms with Crippen LogP contribution in [0.15, 0.2) is 25.3 Å². The molecule has 0 N–H and O–H groups in total. The van der Waals surface area contributed by atoms with Crippen LogP contribution in [0.1, 0.15) is 12.8 Å². The zero-order valence-corrected chi connectivity index (χ0v) is 10.7. The van der Waals surface area contributed by atoms with Gasteiger partial charge < -0.3 is 9.47 Å². The topological polar surface area (TPSA) is 52.6 Å². The lowest BCUT2D eigenvalue weighted by atomic mass is 10.5. The molecule has 0 unspecified atom stereocenters. The molecule has 0 saturated carbocycles. The molecule has 4 nitrogen and oxygen atoms in total. The van der Waals surface area contributed by atoms with Crippen molar-refractivity contribution in [3.63, 3.8) is 0 Å². The molecule has 0 amide bonds. The zero-order chi connectivity index (χ0) is 12.9. The number of hydrogen-bond acceptors (Lipinski definition) is 5. The first-order valence-electron chi connectivity index (χ1n) is 5.37. The third-order valence-corrected chi connectivity index (χ3v) is 2.84. The zero-order valence-electron chi connectivity index (χ0n) is 9.85. The van der Waals surface area contributed by atoms with Crippen LogP contribution < -0.4 is 0 Å². The van der Waals surface area contributed by atoms with Gasteiger partial charge in [-0.05, 0) is 24.3 Å². The van der Waals surface area contributed by atoms with Crippen molar-refractivity contribution in [2.24, 2.45) is 0 Å². The molecule has 0 atom stereocenters. The Morgan fingerprint density at radius 3 is 1.71 bits per heavy atom. The van der Waals surface area contributed by atoms with Gasteiger partial charge in [0.15, 0.2) is 0 Å². The van der Waals surface area contributed by atoms with Crippen molar-refractivity contribution in [3.05, 3.63) is 25.3 Å². The average molecular weight is 258 g/mol. The Kier molecular flexibility index (Phi) is 10.4. The van der Waals surface area contributed by atoms with E-state index in [9.17, 15) is 9.59 Å². The van der Waals surface area contributed by atoms with Gasteiger partial charge in [-0.2, -0.15) is 11.8 Å². The van der Waals surface area contributed by atoms with Gasteiger partial charge in [-0.25, -0.2) is 9.59 Å². The number of carbonyl (C=O) groups excluding carboxylic acids is 2. The van der Waals surface area contributed by atoms with E-state index in [0.29, 0.717) is 13.2 Å². The number of hydrogen-bond donors (Lipinski definition) is 0. The second kappa shape index (κ2) is 11.3. The number of carbonyl (C=O) groups is 2. The van der Waals surface area contributed by atoms with E-state index in [1.54, 1.807) is 11.8 Å². The van der Waals surface area contributed by atoms with Crippen LogP contribution in [0.4, 0.5) is 0 Å². The molecule has 0 aliphatic rings. The minimum Gasteiger partial charge on any atom is -0.463 e. The second-order valence-electron chi connectivity index (χ2n) is 3.06. The van der Waals surface area contributed by atoms with Gasteiger partial charge in [-0.1, -0.05) is 13.2 Å². The summed E-state index contributed by atoms with van der Waals surface area (Å²) in [4.78, 5) is 21.3. The van der Waals surface area contributed by atoms with E-state index in [1.165, 1.54) is 0 Å². The number of rotatable bonds is 10. The molecule has 0 aromatic heterocycles. The summed E-state index contributed by atoms with van der Waals surface area (Å²) in [6.07, 6.45) is 3.94. The molecule has 0 spiro atoms. The molecule has 0 aromatic rings. The fraction of sp³-hybridized carbons (Fsp3) is 0.500. The maximum atomic E-state index is 10.7. The molecule has 0 bridgehead atoms. The van der Waals surface area contributed by atoms with E-state index in [-0.39, 0.29) is 11.9 Å². The highest BCUT2D eigenvalue weighted by Gasteiger charge is 1.97. The summed E-state index contributed by atoms with van der Waals surface area (Å²) in [5.41, 5.74) is 0. The van der Waals surface area contributed by atoms with Gasteiger partial charge in [0.1, 0.15) is 0 Å². The SMILES string of the molecule is C=CC(=O)OCCCSCCCOC(=O)C=C. The Labute approximate surface area is 106 Å². The van der Waals surface area contributed by atoms with Crippen LogP contribution in [-0.4, -0.2) is 36.7 Å². The molecule has 5 heteroatoms. The molecule has 0 fully saturated rings. The van der Waals surface area contributed by atoms with Crippen molar-refractivity contribution in [2.45, 2.75) is 12.8 Å². The smallest absolute Gasteiger partial charge is 0.330 e. The molecule has 0 heterocycles. The quantitative estimate of drug-likeness (QED) is 0.340. The molecule has 0 aromatic carbocycles. The predicted molar refractivity (Wildman–Crippen MR) is 68.9 cm³/mol. The maximum Gasteiger partial charge on any atom is 0.330 e. The first-order valence-corrected chi connectivity index (χ1v) is 6.52. The minimum absolute atomic E-state index is 0.383. The number of thioether (sulfide) groups is 1. The van der Waals surface area contributed by atoms with Crippen molar-refractivity contribution < 1.29 is 19.1 Å². The molecule has 17 heavy (non-hydrogen) atoms. The van der Waals surface area contributed by atoms with Gasteiger partial charge in [0.2, 0.25) is 0 Å². The summed E-state index contributed by atoms with van der Waals surface area (Å²) in [7, 11) is 0. The van der Waals surface area contributed by atoms with Gasteiger partial charge in [0, 0.05) is 12.2 Å². The van der Waals surface area contributed by atoms with E-state index in [2.05, 4.69) is 13.2 Å². The van der Waals surface area contributed by atoms with E-state index >= 15 is 0 Å². The largest absolute Gasteiger partial charge is 0.463 e. The monoisotopic (exact) mass is 258 g/mol. The number of esters is 2. The van der Waals surface area contributed by atoms with Gasteiger partial charge in [0.25, 0.3) is 0 Å². The molecular weight excluding hydrogens is 240 g/mol. The van der Waals surface area contributed by atoms with Crippen molar-refractivity contribution >= 4 is 23.7 Å². The highest BCUT2D eigenvalue weighted by atomic mass is 32.2. The van der Waals surface area contributed by atoms with Crippen molar-refractivity contribution in [1.29, 1.82) is 0 Å². The third kappa shape index (κ3) is 11.0. The predicted octanol–water partition coefficient (Wildman–Crippen LogP) is 1.96. The summed E-state index contributed by atoms with van der Waals surface area (Å²) in [6.45, 7) is 7.44. The van der Waals surface area contributed by atoms with Crippen LogP contribution >= 0.6 is 11.8 Å². The van der Waals surface area contributed by atoms with Crippen LogP contribution in [0, 0.1) is 0 Å². The van der Waals surface area contributed by atoms with Crippen LogP contribution in [-0.2, 0) is 19.1 Å². The van der Waals surface area contributed by atoms with Gasteiger partial charge in [-0.3, -0.25) is 0 Å². The lowest BCUT2D eigenvalue weighted by Gasteiger charge is -2.03. The Hall–Kier alpha value is -1.23. The van der Waals surface area contributed by atoms with E-state index in [4.69, 9.17) is 9.47 Å². The lowest BCUT2D eigenvalue weighted by molar-refractivity contribution is -0.138. The summed E-state index contributed by atoms with van der Waals surface area (Å²) in [6, 6.07) is 0. The number of ether oxygens (including phenoxy) is 2. The highest BCUT2D eigenvalue weighted by molar-refractivity contribution is 7.99. The average Bonchev–Trinajstić information content (AvgIpc) is 2.35. The Balaban J connectivity index is 3.13. The fourth-order valence-corrected chi connectivity index (χ4v) is 1.74. The summed E-state index contributed by atoms with van der Waals surface area (Å²) in [5.74, 6) is 1.07. The van der Waals surface area contributed by atoms with Crippen LogP contribution in [0.2, 0.25) is 0 Å². The maximum absolute atomic E-state index is 10.7. The van der Waals surface area contributed by atoms with Crippen LogP contribution in [0.25, 0.3) is 0 Å². The fourth-order valence-electron chi connectivity index (χ4n) is 0.887. The normalized spacial score (nSPS) is 9.41. The minimum atomic E-state index is -0.383. The Morgan fingerprint density at radius 2 is 1.35 bits per heavy atom. The standard InChI is InChI=1S/C12H18O4S/c1-3-11(13)15-7-5-9-17-10-6-8-16-12(14)4-2/h3-4H,1-2,5-10H2.